The Morgan fingerprint density at radius 1 is 1.27 bits per heavy atom. The van der Waals surface area contributed by atoms with E-state index < -0.39 is 0 Å². The zero-order valence-corrected chi connectivity index (χ0v) is 10.4. The Hall–Kier alpha value is 1.16. The van der Waals surface area contributed by atoms with Gasteiger partial charge in [0, 0.05) is 0 Å². The normalized spacial score (nSPS) is 23.5. The molecule has 2 heteroatoms. The molecule has 0 aromatic heterocycles. The summed E-state index contributed by atoms with van der Waals surface area (Å²) in [6, 6.07) is 0. The van der Waals surface area contributed by atoms with Crippen LogP contribution < -0.4 is 0 Å². The van der Waals surface area contributed by atoms with Gasteiger partial charge in [0.05, 0.1) is 0 Å². The highest BCUT2D eigenvalue weighted by Crippen LogP contribution is 2.54. The second kappa shape index (κ2) is 5.75. The molecule has 0 saturated heterocycles. The van der Waals surface area contributed by atoms with Gasteiger partial charge in [-0.3, -0.25) is 0 Å². The maximum Gasteiger partial charge on any atom is -0.0119 e. The van der Waals surface area contributed by atoms with E-state index >= 15 is 0 Å². The third-order valence-electron chi connectivity index (χ3n) is 2.41. The highest BCUT2D eigenvalue weighted by Gasteiger charge is 2.19. The van der Waals surface area contributed by atoms with Crippen molar-refractivity contribution in [3.05, 3.63) is 0 Å². The van der Waals surface area contributed by atoms with Crippen LogP contribution in [-0.4, -0.2) is 11.8 Å². The first-order chi connectivity index (χ1) is 5.34. The minimum absolute atomic E-state index is 0.371. The van der Waals surface area contributed by atoms with Crippen molar-refractivity contribution in [2.24, 2.45) is 0 Å². The fourth-order valence-corrected chi connectivity index (χ4v) is 6.59. The highest BCUT2D eigenvalue weighted by atomic mass is 127. The lowest BCUT2D eigenvalue weighted by molar-refractivity contribution is 0.513. The quantitative estimate of drug-likeness (QED) is 0.526. The van der Waals surface area contributed by atoms with Crippen LogP contribution in [0.2, 0.25) is 0 Å². The van der Waals surface area contributed by atoms with Gasteiger partial charge >= 0.3 is 0 Å². The molecule has 0 heterocycles. The van der Waals surface area contributed by atoms with Gasteiger partial charge in [0.15, 0.2) is 0 Å². The lowest BCUT2D eigenvalue weighted by Crippen LogP contribution is -2.09. The SMILES string of the molecule is CCCP(I)C1CCCCC1. The summed E-state index contributed by atoms with van der Waals surface area (Å²) in [7, 11) is 0. The van der Waals surface area contributed by atoms with Crippen LogP contribution in [0.15, 0.2) is 0 Å². The van der Waals surface area contributed by atoms with Gasteiger partial charge in [0.25, 0.3) is 0 Å². The molecule has 1 unspecified atom stereocenters. The smallest absolute Gasteiger partial charge is 0.0119 e. The standard InChI is InChI=1S/C9H18IP/c1-2-8-11(10)9-6-4-3-5-7-9/h9H,2-8H2,1H3. The van der Waals surface area contributed by atoms with Crippen molar-refractivity contribution in [1.82, 2.24) is 0 Å². The molecule has 1 aliphatic rings. The molecule has 1 fully saturated rings. The van der Waals surface area contributed by atoms with Crippen LogP contribution in [0, 0.1) is 0 Å². The van der Waals surface area contributed by atoms with E-state index in [1.165, 1.54) is 44.7 Å². The zero-order chi connectivity index (χ0) is 8.10. The van der Waals surface area contributed by atoms with Gasteiger partial charge in [-0.2, -0.15) is 0 Å². The summed E-state index contributed by atoms with van der Waals surface area (Å²) in [5.74, 6) is 0. The van der Waals surface area contributed by atoms with Gasteiger partial charge in [-0.1, -0.05) is 54.6 Å². The van der Waals surface area contributed by atoms with Crippen LogP contribution >= 0.6 is 27.6 Å². The fourth-order valence-electron chi connectivity index (χ4n) is 1.76. The summed E-state index contributed by atoms with van der Waals surface area (Å²) >= 11 is 2.73. The Kier molecular flexibility index (Phi) is 5.35. The van der Waals surface area contributed by atoms with E-state index in [9.17, 15) is 0 Å². The maximum absolute atomic E-state index is 2.73. The van der Waals surface area contributed by atoms with Gasteiger partial charge in [-0.25, -0.2) is 0 Å². The van der Waals surface area contributed by atoms with Crippen molar-refractivity contribution < 1.29 is 0 Å². The minimum atomic E-state index is 0.371. The van der Waals surface area contributed by atoms with Crippen molar-refractivity contribution in [1.29, 1.82) is 0 Å². The van der Waals surface area contributed by atoms with Crippen LogP contribution in [-0.2, 0) is 0 Å². The summed E-state index contributed by atoms with van der Waals surface area (Å²) in [6.45, 7) is 2.32. The molecule has 0 aromatic carbocycles. The fraction of sp³-hybridized carbons (Fsp3) is 1.00. The van der Waals surface area contributed by atoms with Crippen molar-refractivity contribution in [3.63, 3.8) is 0 Å². The highest BCUT2D eigenvalue weighted by molar-refractivity contribution is 14.2. The van der Waals surface area contributed by atoms with Gasteiger partial charge in [-0.05, 0) is 30.2 Å². The van der Waals surface area contributed by atoms with E-state index in [1.807, 2.05) is 0 Å². The molecule has 1 atom stereocenters. The molecule has 0 amide bonds. The molecule has 0 aliphatic heterocycles. The third kappa shape index (κ3) is 3.59. The van der Waals surface area contributed by atoms with Crippen molar-refractivity contribution in [2.75, 3.05) is 6.16 Å². The molecule has 0 bridgehead atoms. The molecule has 1 saturated carbocycles. The first-order valence-electron chi connectivity index (χ1n) is 4.77. The Labute approximate surface area is 84.8 Å². The van der Waals surface area contributed by atoms with Gasteiger partial charge in [0.1, 0.15) is 0 Å². The predicted molar refractivity (Wildman–Crippen MR) is 63.0 cm³/mol. The lowest BCUT2D eigenvalue weighted by atomic mass is 10.0. The molecular formula is C9H18IP. The molecule has 66 valence electrons. The number of hydrogen-bond donors (Lipinski definition) is 0. The molecule has 0 nitrogen and oxygen atoms in total. The van der Waals surface area contributed by atoms with E-state index in [0.29, 0.717) is 5.56 Å². The van der Waals surface area contributed by atoms with E-state index in [0.717, 1.165) is 5.66 Å². The van der Waals surface area contributed by atoms with Crippen molar-refractivity contribution in [2.45, 2.75) is 51.1 Å². The summed E-state index contributed by atoms with van der Waals surface area (Å²) in [4.78, 5) is 0. The Morgan fingerprint density at radius 2 is 1.91 bits per heavy atom. The van der Waals surface area contributed by atoms with E-state index in [1.54, 1.807) is 0 Å². The first kappa shape index (κ1) is 10.2. The predicted octanol–water partition coefficient (Wildman–Crippen LogP) is 4.56. The lowest BCUT2D eigenvalue weighted by Gasteiger charge is -2.26. The van der Waals surface area contributed by atoms with Crippen LogP contribution in [0.5, 0.6) is 0 Å². The second-order valence-electron chi connectivity index (χ2n) is 3.42. The third-order valence-corrected chi connectivity index (χ3v) is 8.40. The molecule has 1 rings (SSSR count). The van der Waals surface area contributed by atoms with Crippen molar-refractivity contribution in [3.8, 4) is 0 Å². The minimum Gasteiger partial charge on any atom is -0.0650 e. The molecule has 11 heavy (non-hydrogen) atoms. The molecule has 0 aromatic rings. The van der Waals surface area contributed by atoms with Gasteiger partial charge in [-0.15, -0.1) is 0 Å². The molecular weight excluding hydrogens is 266 g/mol. The van der Waals surface area contributed by atoms with E-state index in [-0.39, 0.29) is 0 Å². The zero-order valence-electron chi connectivity index (χ0n) is 7.35. The molecule has 1 aliphatic carbocycles. The maximum atomic E-state index is 2.73. The Balaban J connectivity index is 2.21. The van der Waals surface area contributed by atoms with E-state index in [2.05, 4.69) is 29.0 Å². The number of halogens is 1. The molecule has 0 radical (unpaired) electrons. The van der Waals surface area contributed by atoms with E-state index in [4.69, 9.17) is 0 Å². The summed E-state index contributed by atoms with van der Waals surface area (Å²) in [5.41, 5.74) is 1.50. The van der Waals surface area contributed by atoms with Crippen molar-refractivity contribution >= 4 is 27.6 Å². The second-order valence-corrected chi connectivity index (χ2v) is 9.11. The van der Waals surface area contributed by atoms with Crippen LogP contribution in [0.3, 0.4) is 0 Å². The summed E-state index contributed by atoms with van der Waals surface area (Å²) in [6.07, 6.45) is 10.5. The Morgan fingerprint density at radius 3 is 2.45 bits per heavy atom. The average Bonchev–Trinajstić information content (AvgIpc) is 2.07. The first-order valence-corrected chi connectivity index (χ1v) is 9.15. The van der Waals surface area contributed by atoms with Crippen LogP contribution in [0.4, 0.5) is 0 Å². The average molecular weight is 284 g/mol. The monoisotopic (exact) mass is 284 g/mol. The topological polar surface area (TPSA) is 0 Å². The number of hydrogen-bond acceptors (Lipinski definition) is 0. The largest absolute Gasteiger partial charge is 0.0650 e. The van der Waals surface area contributed by atoms with Gasteiger partial charge < -0.3 is 0 Å². The molecule has 0 N–H and O–H groups in total. The summed E-state index contributed by atoms with van der Waals surface area (Å²) in [5, 5.41) is 0. The summed E-state index contributed by atoms with van der Waals surface area (Å²) < 4.78 is 0. The number of rotatable bonds is 3. The molecule has 0 spiro atoms. The van der Waals surface area contributed by atoms with Crippen LogP contribution in [0.1, 0.15) is 45.4 Å². The Bertz CT molecular complexity index is 99.7. The van der Waals surface area contributed by atoms with Crippen LogP contribution in [0.25, 0.3) is 0 Å². The van der Waals surface area contributed by atoms with Gasteiger partial charge in [0.2, 0.25) is 0 Å².